The first-order valence-corrected chi connectivity index (χ1v) is 8.21. The molecule has 0 aliphatic carbocycles. The number of likely N-dealkylation sites (N-methyl/N-ethyl adjacent to an activating group) is 1. The van der Waals surface area contributed by atoms with Crippen LogP contribution in [-0.2, 0) is 0 Å². The molecule has 1 aliphatic heterocycles. The smallest absolute Gasteiger partial charge is 0.268 e. The zero-order chi connectivity index (χ0) is 14.7. The second-order valence-electron chi connectivity index (χ2n) is 5.68. The minimum atomic E-state index is 0.0207. The molecule has 0 spiro atoms. The Morgan fingerprint density at radius 3 is 2.95 bits per heavy atom. The Labute approximate surface area is 129 Å². The number of amides is 1. The summed E-state index contributed by atoms with van der Waals surface area (Å²) in [5.74, 6) is 0.0207. The van der Waals surface area contributed by atoms with Crippen molar-refractivity contribution < 1.29 is 4.79 Å². The van der Waals surface area contributed by atoms with Gasteiger partial charge in [-0.25, -0.2) is 0 Å². The zero-order valence-electron chi connectivity index (χ0n) is 12.5. The van der Waals surface area contributed by atoms with Crippen LogP contribution < -0.4 is 5.32 Å². The summed E-state index contributed by atoms with van der Waals surface area (Å²) in [4.78, 5) is 14.8. The molecule has 0 aromatic carbocycles. The van der Waals surface area contributed by atoms with Crippen molar-refractivity contribution in [2.75, 3.05) is 19.6 Å². The summed E-state index contributed by atoms with van der Waals surface area (Å²) in [5, 5.41) is 3.09. The van der Waals surface area contributed by atoms with Gasteiger partial charge < -0.3 is 9.88 Å². The Kier molecular flexibility index (Phi) is 5.27. The third-order valence-corrected chi connectivity index (χ3v) is 4.44. The van der Waals surface area contributed by atoms with Gasteiger partial charge in [0.15, 0.2) is 0 Å². The molecule has 2 rings (SSSR count). The van der Waals surface area contributed by atoms with Crippen LogP contribution in [0.2, 0.25) is 0 Å². The zero-order valence-corrected chi connectivity index (χ0v) is 14.1. The Hall–Kier alpha value is -0.810. The lowest BCUT2D eigenvalue weighted by molar-refractivity contribution is 0.0930. The molecule has 1 atom stereocenters. The van der Waals surface area contributed by atoms with E-state index in [9.17, 15) is 4.79 Å². The number of nitrogens with zero attached hydrogens (tertiary/aromatic N) is 2. The second-order valence-corrected chi connectivity index (χ2v) is 6.59. The highest BCUT2D eigenvalue weighted by molar-refractivity contribution is 9.10. The second kappa shape index (κ2) is 6.76. The van der Waals surface area contributed by atoms with Gasteiger partial charge in [0, 0.05) is 29.3 Å². The fourth-order valence-electron chi connectivity index (χ4n) is 2.90. The summed E-state index contributed by atoms with van der Waals surface area (Å²) in [6.07, 6.45) is 4.39. The molecule has 0 saturated carbocycles. The van der Waals surface area contributed by atoms with Crippen LogP contribution in [0.4, 0.5) is 0 Å². The van der Waals surface area contributed by atoms with Crippen LogP contribution in [0.1, 0.15) is 50.1 Å². The molecule has 1 saturated heterocycles. The number of likely N-dealkylation sites (tertiary alicyclic amines) is 1. The lowest BCUT2D eigenvalue weighted by Crippen LogP contribution is -2.40. The summed E-state index contributed by atoms with van der Waals surface area (Å²) >= 11 is 3.45. The molecule has 0 bridgehead atoms. The van der Waals surface area contributed by atoms with Crippen LogP contribution in [0.3, 0.4) is 0 Å². The van der Waals surface area contributed by atoms with Crippen LogP contribution in [-0.4, -0.2) is 41.1 Å². The lowest BCUT2D eigenvalue weighted by atomic mass is 10.2. The van der Waals surface area contributed by atoms with Crippen LogP contribution in [0.15, 0.2) is 16.7 Å². The maximum atomic E-state index is 12.4. The molecule has 2 heterocycles. The maximum Gasteiger partial charge on any atom is 0.268 e. The molecule has 5 heteroatoms. The van der Waals surface area contributed by atoms with Crippen molar-refractivity contribution in [2.45, 2.75) is 45.7 Å². The largest absolute Gasteiger partial charge is 0.349 e. The molecule has 1 amide bonds. The summed E-state index contributed by atoms with van der Waals surface area (Å²) in [7, 11) is 0. The van der Waals surface area contributed by atoms with E-state index in [0.29, 0.717) is 6.04 Å². The van der Waals surface area contributed by atoms with Crippen molar-refractivity contribution in [3.63, 3.8) is 0 Å². The summed E-state index contributed by atoms with van der Waals surface area (Å²) in [5.41, 5.74) is 0.730. The molecule has 1 aliphatic rings. The molecule has 1 unspecified atom stereocenters. The van der Waals surface area contributed by atoms with E-state index >= 15 is 0 Å². The number of nitrogens with one attached hydrogen (secondary N) is 1. The van der Waals surface area contributed by atoms with Crippen molar-refractivity contribution in [1.29, 1.82) is 0 Å². The minimum absolute atomic E-state index is 0.0207. The fraction of sp³-hybridized carbons (Fsp3) is 0.667. The van der Waals surface area contributed by atoms with Crippen LogP contribution >= 0.6 is 15.9 Å². The Morgan fingerprint density at radius 1 is 1.55 bits per heavy atom. The Bertz CT molecular complexity index is 470. The van der Waals surface area contributed by atoms with Crippen molar-refractivity contribution in [1.82, 2.24) is 14.8 Å². The summed E-state index contributed by atoms with van der Waals surface area (Å²) < 4.78 is 2.96. The van der Waals surface area contributed by atoms with Crippen molar-refractivity contribution >= 4 is 21.8 Å². The van der Waals surface area contributed by atoms with Crippen LogP contribution in [0.25, 0.3) is 0 Å². The average molecular weight is 342 g/mol. The van der Waals surface area contributed by atoms with Gasteiger partial charge in [0.25, 0.3) is 5.91 Å². The van der Waals surface area contributed by atoms with E-state index in [4.69, 9.17) is 0 Å². The van der Waals surface area contributed by atoms with Crippen LogP contribution in [0, 0.1) is 0 Å². The van der Waals surface area contributed by atoms with Crippen LogP contribution in [0.5, 0.6) is 0 Å². The van der Waals surface area contributed by atoms with Gasteiger partial charge in [0.1, 0.15) is 5.69 Å². The Balaban J connectivity index is 1.98. The van der Waals surface area contributed by atoms with Gasteiger partial charge in [0.05, 0.1) is 0 Å². The normalized spacial score (nSPS) is 19.8. The van der Waals surface area contributed by atoms with Crippen molar-refractivity contribution in [2.24, 2.45) is 0 Å². The van der Waals surface area contributed by atoms with E-state index in [2.05, 4.69) is 46.9 Å². The fourth-order valence-corrected chi connectivity index (χ4v) is 3.34. The number of aromatic nitrogens is 1. The SMILES string of the molecule is CCN1CCCC1CNC(=O)c1cc(Br)cn1C(C)C. The third kappa shape index (κ3) is 3.44. The number of rotatable bonds is 5. The number of halogens is 1. The highest BCUT2D eigenvalue weighted by Gasteiger charge is 2.24. The number of hydrogen-bond acceptors (Lipinski definition) is 2. The standard InChI is InChI=1S/C15H24BrN3O/c1-4-18-7-5-6-13(18)9-17-15(20)14-8-12(16)10-19(14)11(2)3/h8,10-11,13H,4-7,9H2,1-3H3,(H,17,20). The van der Waals surface area contributed by atoms with Crippen molar-refractivity contribution in [3.05, 3.63) is 22.4 Å². The Morgan fingerprint density at radius 2 is 2.30 bits per heavy atom. The highest BCUT2D eigenvalue weighted by atomic mass is 79.9. The summed E-state index contributed by atoms with van der Waals surface area (Å²) in [6.45, 7) is 9.31. The molecule has 20 heavy (non-hydrogen) atoms. The lowest BCUT2D eigenvalue weighted by Gasteiger charge is -2.23. The molecular formula is C15H24BrN3O. The van der Waals surface area contributed by atoms with E-state index in [-0.39, 0.29) is 11.9 Å². The highest BCUT2D eigenvalue weighted by Crippen LogP contribution is 2.20. The first kappa shape index (κ1) is 15.6. The molecular weight excluding hydrogens is 318 g/mol. The predicted molar refractivity (Wildman–Crippen MR) is 85.1 cm³/mol. The number of carbonyl (C=O) groups excluding carboxylic acids is 1. The molecule has 1 aromatic heterocycles. The van der Waals surface area contributed by atoms with Gasteiger partial charge in [-0.15, -0.1) is 0 Å². The van der Waals surface area contributed by atoms with E-state index in [1.165, 1.54) is 12.8 Å². The van der Waals surface area contributed by atoms with Gasteiger partial charge in [-0.2, -0.15) is 0 Å². The average Bonchev–Trinajstić information content (AvgIpc) is 3.01. The maximum absolute atomic E-state index is 12.4. The quantitative estimate of drug-likeness (QED) is 0.893. The van der Waals surface area contributed by atoms with Gasteiger partial charge in [0.2, 0.25) is 0 Å². The van der Waals surface area contributed by atoms with Crippen molar-refractivity contribution in [3.8, 4) is 0 Å². The topological polar surface area (TPSA) is 37.3 Å². The monoisotopic (exact) mass is 341 g/mol. The van der Waals surface area contributed by atoms with E-state index in [1.807, 2.05) is 16.8 Å². The molecule has 112 valence electrons. The van der Waals surface area contributed by atoms with Gasteiger partial charge >= 0.3 is 0 Å². The first-order valence-electron chi connectivity index (χ1n) is 7.42. The van der Waals surface area contributed by atoms with E-state index in [0.717, 1.165) is 29.8 Å². The first-order chi connectivity index (χ1) is 9.52. The summed E-state index contributed by atoms with van der Waals surface area (Å²) in [6, 6.07) is 2.66. The predicted octanol–water partition coefficient (Wildman–Crippen LogP) is 3.05. The van der Waals surface area contributed by atoms with E-state index in [1.54, 1.807) is 0 Å². The molecule has 1 fully saturated rings. The van der Waals surface area contributed by atoms with Gasteiger partial charge in [-0.1, -0.05) is 6.92 Å². The van der Waals surface area contributed by atoms with E-state index < -0.39 is 0 Å². The minimum Gasteiger partial charge on any atom is -0.349 e. The van der Waals surface area contributed by atoms with Gasteiger partial charge in [-0.05, 0) is 61.8 Å². The molecule has 4 nitrogen and oxygen atoms in total. The molecule has 1 N–H and O–H groups in total. The third-order valence-electron chi connectivity index (χ3n) is 4.01. The molecule has 1 aromatic rings. The molecule has 0 radical (unpaired) electrons. The van der Waals surface area contributed by atoms with Gasteiger partial charge in [-0.3, -0.25) is 9.69 Å². The number of carbonyl (C=O) groups is 1. The number of hydrogen-bond donors (Lipinski definition) is 1.